The summed E-state index contributed by atoms with van der Waals surface area (Å²) in [6, 6.07) is 8.96. The zero-order chi connectivity index (χ0) is 18.0. The lowest BCUT2D eigenvalue weighted by Crippen LogP contribution is -2.46. The highest BCUT2D eigenvalue weighted by Gasteiger charge is 2.36. The van der Waals surface area contributed by atoms with Gasteiger partial charge in [0.05, 0.1) is 11.4 Å². The van der Waals surface area contributed by atoms with E-state index in [0.29, 0.717) is 24.2 Å². The van der Waals surface area contributed by atoms with Gasteiger partial charge in [-0.3, -0.25) is 14.7 Å². The number of hydrogen-bond donors (Lipinski definition) is 2. The molecule has 0 saturated heterocycles. The van der Waals surface area contributed by atoms with Crippen molar-refractivity contribution >= 4 is 23.5 Å². The van der Waals surface area contributed by atoms with Gasteiger partial charge in [-0.05, 0) is 37.1 Å². The van der Waals surface area contributed by atoms with Gasteiger partial charge in [-0.15, -0.1) is 0 Å². The summed E-state index contributed by atoms with van der Waals surface area (Å²) < 4.78 is 0. The SMILES string of the molecule is CCCN1c2cccc(C)c2C(O)=C(N(C=O)c2ccncc2)C1O. The molecule has 1 unspecified atom stereocenters. The Morgan fingerprint density at radius 2 is 2.00 bits per heavy atom. The van der Waals surface area contributed by atoms with Crippen LogP contribution in [-0.4, -0.2) is 34.4 Å². The van der Waals surface area contributed by atoms with Gasteiger partial charge in [0, 0.05) is 24.5 Å². The molecule has 25 heavy (non-hydrogen) atoms. The molecule has 6 nitrogen and oxygen atoms in total. The van der Waals surface area contributed by atoms with Crippen LogP contribution in [0.25, 0.3) is 5.76 Å². The van der Waals surface area contributed by atoms with Gasteiger partial charge in [-0.1, -0.05) is 19.1 Å². The van der Waals surface area contributed by atoms with Crippen LogP contribution in [-0.2, 0) is 4.79 Å². The molecule has 1 amide bonds. The van der Waals surface area contributed by atoms with Crippen molar-refractivity contribution in [2.45, 2.75) is 26.5 Å². The summed E-state index contributed by atoms with van der Waals surface area (Å²) in [7, 11) is 0. The van der Waals surface area contributed by atoms with Crippen LogP contribution in [0.15, 0.2) is 48.4 Å². The van der Waals surface area contributed by atoms with E-state index >= 15 is 0 Å². The fourth-order valence-electron chi connectivity index (χ4n) is 3.21. The lowest BCUT2D eigenvalue weighted by Gasteiger charge is -2.40. The Hall–Kier alpha value is -2.86. The molecule has 1 aromatic heterocycles. The lowest BCUT2D eigenvalue weighted by atomic mass is 9.97. The Labute approximate surface area is 146 Å². The number of nitrogens with zero attached hydrogens (tertiary/aromatic N) is 3. The molecule has 0 radical (unpaired) electrons. The number of carbonyl (C=O) groups is 1. The van der Waals surface area contributed by atoms with Crippen LogP contribution in [0.4, 0.5) is 11.4 Å². The first-order valence-electron chi connectivity index (χ1n) is 8.22. The highest BCUT2D eigenvalue weighted by Crippen LogP contribution is 2.40. The summed E-state index contributed by atoms with van der Waals surface area (Å²) in [6.07, 6.45) is 3.39. The van der Waals surface area contributed by atoms with E-state index in [1.807, 2.05) is 32.0 Å². The number of rotatable bonds is 5. The highest BCUT2D eigenvalue weighted by molar-refractivity contribution is 5.90. The molecule has 2 N–H and O–H groups in total. The van der Waals surface area contributed by atoms with Gasteiger partial charge in [-0.2, -0.15) is 0 Å². The fraction of sp³-hybridized carbons (Fsp3) is 0.263. The zero-order valence-corrected chi connectivity index (χ0v) is 14.3. The van der Waals surface area contributed by atoms with Crippen molar-refractivity contribution < 1.29 is 15.0 Å². The Morgan fingerprint density at radius 3 is 2.64 bits per heavy atom. The van der Waals surface area contributed by atoms with Gasteiger partial charge in [-0.25, -0.2) is 0 Å². The number of anilines is 2. The van der Waals surface area contributed by atoms with Crippen molar-refractivity contribution in [3.05, 3.63) is 59.5 Å². The molecule has 0 fully saturated rings. The van der Waals surface area contributed by atoms with E-state index in [0.717, 1.165) is 17.7 Å². The number of hydrogen-bond acceptors (Lipinski definition) is 5. The third kappa shape index (κ3) is 2.85. The number of aromatic nitrogens is 1. The van der Waals surface area contributed by atoms with Crippen LogP contribution in [0.2, 0.25) is 0 Å². The van der Waals surface area contributed by atoms with Crippen LogP contribution < -0.4 is 9.80 Å². The van der Waals surface area contributed by atoms with Crippen LogP contribution in [0.1, 0.15) is 24.5 Å². The van der Waals surface area contributed by atoms with Gasteiger partial charge >= 0.3 is 0 Å². The van der Waals surface area contributed by atoms with E-state index < -0.39 is 6.23 Å². The van der Waals surface area contributed by atoms with E-state index in [1.165, 1.54) is 4.90 Å². The summed E-state index contributed by atoms with van der Waals surface area (Å²) in [5, 5.41) is 21.8. The molecule has 1 aliphatic rings. The van der Waals surface area contributed by atoms with Gasteiger partial charge in [0.15, 0.2) is 6.23 Å². The maximum Gasteiger partial charge on any atom is 0.218 e. The molecule has 2 aromatic rings. The smallest absolute Gasteiger partial charge is 0.218 e. The summed E-state index contributed by atoms with van der Waals surface area (Å²) >= 11 is 0. The number of fused-ring (bicyclic) bond motifs is 1. The minimum atomic E-state index is -1.13. The number of amides is 1. The Morgan fingerprint density at radius 1 is 1.28 bits per heavy atom. The summed E-state index contributed by atoms with van der Waals surface area (Å²) in [5.74, 6) is -0.0862. The van der Waals surface area contributed by atoms with Crippen molar-refractivity contribution in [1.82, 2.24) is 4.98 Å². The minimum absolute atomic E-state index is 0.0862. The molecule has 1 aliphatic heterocycles. The van der Waals surface area contributed by atoms with Gasteiger partial charge < -0.3 is 15.1 Å². The Kier molecular flexibility index (Phi) is 4.72. The van der Waals surface area contributed by atoms with Crippen molar-refractivity contribution in [3.8, 4) is 0 Å². The third-order valence-electron chi connectivity index (χ3n) is 4.35. The maximum absolute atomic E-state index is 11.8. The van der Waals surface area contributed by atoms with Crippen LogP contribution in [0.3, 0.4) is 0 Å². The molecular formula is C19H21N3O3. The van der Waals surface area contributed by atoms with E-state index in [4.69, 9.17) is 0 Å². The summed E-state index contributed by atoms with van der Waals surface area (Å²) in [5.41, 5.74) is 2.95. The molecule has 0 aliphatic carbocycles. The first kappa shape index (κ1) is 17.0. The first-order chi connectivity index (χ1) is 12.1. The number of carbonyl (C=O) groups excluding carboxylic acids is 1. The Balaban J connectivity index is 2.22. The van der Waals surface area contributed by atoms with Crippen molar-refractivity contribution in [3.63, 3.8) is 0 Å². The molecule has 1 aromatic carbocycles. The number of aliphatic hydroxyl groups excluding tert-OH is 2. The van der Waals surface area contributed by atoms with E-state index in [2.05, 4.69) is 4.98 Å². The quantitative estimate of drug-likeness (QED) is 0.819. The Bertz CT molecular complexity index is 805. The number of aryl methyl sites for hydroxylation is 1. The third-order valence-corrected chi connectivity index (χ3v) is 4.35. The predicted molar refractivity (Wildman–Crippen MR) is 97.2 cm³/mol. The topological polar surface area (TPSA) is 76.9 Å². The normalized spacial score (nSPS) is 16.6. The van der Waals surface area contributed by atoms with Gasteiger partial charge in [0.1, 0.15) is 11.5 Å². The first-order valence-corrected chi connectivity index (χ1v) is 8.22. The fourth-order valence-corrected chi connectivity index (χ4v) is 3.21. The maximum atomic E-state index is 11.8. The second-order valence-electron chi connectivity index (χ2n) is 5.95. The predicted octanol–water partition coefficient (Wildman–Crippen LogP) is 2.83. The summed E-state index contributed by atoms with van der Waals surface area (Å²) in [4.78, 5) is 18.8. The molecule has 6 heteroatoms. The van der Waals surface area contributed by atoms with Gasteiger partial charge in [0.2, 0.25) is 6.41 Å². The van der Waals surface area contributed by atoms with Crippen LogP contribution >= 0.6 is 0 Å². The average molecular weight is 339 g/mol. The monoisotopic (exact) mass is 339 g/mol. The molecular weight excluding hydrogens is 318 g/mol. The van der Waals surface area contributed by atoms with Crippen LogP contribution in [0, 0.1) is 6.92 Å². The van der Waals surface area contributed by atoms with E-state index in [-0.39, 0.29) is 11.5 Å². The lowest BCUT2D eigenvalue weighted by molar-refractivity contribution is -0.107. The minimum Gasteiger partial charge on any atom is -0.505 e. The highest BCUT2D eigenvalue weighted by atomic mass is 16.3. The van der Waals surface area contributed by atoms with Gasteiger partial charge in [0.25, 0.3) is 0 Å². The number of aliphatic hydroxyl groups is 2. The molecule has 1 atom stereocenters. The average Bonchev–Trinajstić information content (AvgIpc) is 2.62. The van der Waals surface area contributed by atoms with Crippen molar-refractivity contribution in [1.29, 1.82) is 0 Å². The zero-order valence-electron chi connectivity index (χ0n) is 14.3. The molecule has 130 valence electrons. The number of pyridine rings is 1. The largest absolute Gasteiger partial charge is 0.505 e. The molecule has 3 rings (SSSR count). The van der Waals surface area contributed by atoms with Crippen LogP contribution in [0.5, 0.6) is 0 Å². The number of benzene rings is 1. The van der Waals surface area contributed by atoms with Crippen molar-refractivity contribution in [2.75, 3.05) is 16.3 Å². The molecule has 0 bridgehead atoms. The van der Waals surface area contributed by atoms with Crippen molar-refractivity contribution in [2.24, 2.45) is 0 Å². The summed E-state index contributed by atoms with van der Waals surface area (Å²) in [6.45, 7) is 4.50. The molecule has 2 heterocycles. The molecule has 0 spiro atoms. The molecule has 0 saturated carbocycles. The standard InChI is InChI=1S/C19H21N3O3/c1-3-11-21-15-6-4-5-13(2)16(15)18(24)17(19(21)25)22(12-23)14-7-9-20-10-8-14/h4-10,12,19,24-25H,3,11H2,1-2H3. The van der Waals surface area contributed by atoms with E-state index in [9.17, 15) is 15.0 Å². The second-order valence-corrected chi connectivity index (χ2v) is 5.95. The van der Waals surface area contributed by atoms with E-state index in [1.54, 1.807) is 29.4 Å². The second kappa shape index (κ2) is 6.94.